The number of hydrogen-bond donors (Lipinski definition) is 1. The summed E-state index contributed by atoms with van der Waals surface area (Å²) in [6.07, 6.45) is 1.33. The van der Waals surface area contributed by atoms with Crippen LogP contribution >= 0.6 is 23.5 Å². The average Bonchev–Trinajstić information content (AvgIpc) is 2.37. The second-order valence-corrected chi connectivity index (χ2v) is 7.80. The number of nitrogens with one attached hydrogen (secondary N) is 1. The molecule has 0 saturated carbocycles. The highest BCUT2D eigenvalue weighted by Gasteiger charge is 2.31. The van der Waals surface area contributed by atoms with E-state index in [0.717, 1.165) is 12.3 Å². The fourth-order valence-corrected chi connectivity index (χ4v) is 4.64. The van der Waals surface area contributed by atoms with Gasteiger partial charge in [0.05, 0.1) is 0 Å². The molecule has 1 aliphatic rings. The summed E-state index contributed by atoms with van der Waals surface area (Å²) in [6, 6.07) is 11.3. The zero-order valence-electron chi connectivity index (χ0n) is 11.3. The minimum atomic E-state index is 0.461. The molecular formula is C15H23NS2. The molecule has 1 aromatic carbocycles. The van der Waals surface area contributed by atoms with Gasteiger partial charge in [0.15, 0.2) is 0 Å². The van der Waals surface area contributed by atoms with Crippen molar-refractivity contribution < 1.29 is 0 Å². The van der Waals surface area contributed by atoms with Gasteiger partial charge in [-0.1, -0.05) is 32.0 Å². The Hall–Kier alpha value is -0.120. The van der Waals surface area contributed by atoms with E-state index in [2.05, 4.69) is 61.3 Å². The predicted octanol–water partition coefficient (Wildman–Crippen LogP) is 3.90. The highest BCUT2D eigenvalue weighted by molar-refractivity contribution is 7.99. The molecule has 1 saturated heterocycles. The zero-order chi connectivity index (χ0) is 12.8. The third-order valence-corrected chi connectivity index (χ3v) is 5.70. The molecule has 1 fully saturated rings. The van der Waals surface area contributed by atoms with Crippen LogP contribution in [0, 0.1) is 5.41 Å². The molecule has 1 aliphatic heterocycles. The normalized spacial score (nSPS) is 22.9. The second-order valence-electron chi connectivity index (χ2n) is 5.48. The van der Waals surface area contributed by atoms with Gasteiger partial charge in [-0.15, -0.1) is 11.8 Å². The lowest BCUT2D eigenvalue weighted by atomic mass is 9.82. The summed E-state index contributed by atoms with van der Waals surface area (Å²) in [4.78, 5) is 1.37. The first-order chi connectivity index (χ1) is 8.68. The van der Waals surface area contributed by atoms with Gasteiger partial charge < -0.3 is 5.32 Å². The van der Waals surface area contributed by atoms with Crippen LogP contribution in [0.4, 0.5) is 0 Å². The molecule has 1 heterocycles. The van der Waals surface area contributed by atoms with Crippen molar-refractivity contribution >= 4 is 23.5 Å². The smallest absolute Gasteiger partial charge is 0.0209 e. The van der Waals surface area contributed by atoms with E-state index >= 15 is 0 Å². The minimum Gasteiger partial charge on any atom is -0.312 e. The summed E-state index contributed by atoms with van der Waals surface area (Å²) < 4.78 is 0. The van der Waals surface area contributed by atoms with E-state index in [0.29, 0.717) is 11.5 Å². The Bertz CT molecular complexity index is 351. The lowest BCUT2D eigenvalue weighted by molar-refractivity contribution is 0.250. The third kappa shape index (κ3) is 4.22. The lowest BCUT2D eigenvalue weighted by Gasteiger charge is -2.38. The molecular weight excluding hydrogens is 258 g/mol. The van der Waals surface area contributed by atoms with E-state index in [1.807, 2.05) is 11.8 Å². The van der Waals surface area contributed by atoms with E-state index < -0.39 is 0 Å². The molecule has 18 heavy (non-hydrogen) atoms. The molecule has 3 heteroatoms. The highest BCUT2D eigenvalue weighted by atomic mass is 32.2. The molecule has 1 N–H and O–H groups in total. The molecule has 100 valence electrons. The van der Waals surface area contributed by atoms with Crippen molar-refractivity contribution in [3.8, 4) is 0 Å². The van der Waals surface area contributed by atoms with Crippen LogP contribution in [0.2, 0.25) is 0 Å². The van der Waals surface area contributed by atoms with Crippen LogP contribution < -0.4 is 5.32 Å². The summed E-state index contributed by atoms with van der Waals surface area (Å²) in [7, 11) is 0. The topological polar surface area (TPSA) is 12.0 Å². The van der Waals surface area contributed by atoms with Gasteiger partial charge in [-0.2, -0.15) is 11.8 Å². The lowest BCUT2D eigenvalue weighted by Crippen LogP contribution is -2.47. The molecule has 1 nitrogen and oxygen atoms in total. The fourth-order valence-electron chi connectivity index (χ4n) is 2.19. The van der Waals surface area contributed by atoms with E-state index in [9.17, 15) is 0 Å². The van der Waals surface area contributed by atoms with Gasteiger partial charge in [0.1, 0.15) is 0 Å². The average molecular weight is 281 g/mol. The largest absolute Gasteiger partial charge is 0.312 e. The van der Waals surface area contributed by atoms with Crippen molar-refractivity contribution in [2.75, 3.05) is 23.8 Å². The first-order valence-electron chi connectivity index (χ1n) is 6.67. The van der Waals surface area contributed by atoms with Gasteiger partial charge in [0, 0.05) is 29.0 Å². The van der Waals surface area contributed by atoms with Crippen LogP contribution in [0.25, 0.3) is 0 Å². The Kier molecular flexibility index (Phi) is 5.46. The third-order valence-electron chi connectivity index (χ3n) is 3.62. The maximum atomic E-state index is 3.74. The molecule has 0 spiro atoms. The summed E-state index contributed by atoms with van der Waals surface area (Å²) in [5, 5.41) is 3.74. The quantitative estimate of drug-likeness (QED) is 0.649. The van der Waals surface area contributed by atoms with Gasteiger partial charge in [-0.3, -0.25) is 0 Å². The molecule has 0 amide bonds. The van der Waals surface area contributed by atoms with E-state index in [4.69, 9.17) is 0 Å². The van der Waals surface area contributed by atoms with Gasteiger partial charge in [0.25, 0.3) is 0 Å². The van der Waals surface area contributed by atoms with E-state index in [1.165, 1.54) is 22.8 Å². The summed E-state index contributed by atoms with van der Waals surface area (Å²) in [5.74, 6) is 3.74. The monoisotopic (exact) mass is 281 g/mol. The molecule has 1 atom stereocenters. The first kappa shape index (κ1) is 14.3. The molecule has 0 radical (unpaired) electrons. The van der Waals surface area contributed by atoms with E-state index in [-0.39, 0.29) is 0 Å². The van der Waals surface area contributed by atoms with E-state index in [1.54, 1.807) is 0 Å². The van der Waals surface area contributed by atoms with Crippen LogP contribution in [-0.4, -0.2) is 29.8 Å². The van der Waals surface area contributed by atoms with Crippen molar-refractivity contribution in [3.05, 3.63) is 30.3 Å². The summed E-state index contributed by atoms with van der Waals surface area (Å²) in [6.45, 7) is 5.90. The van der Waals surface area contributed by atoms with Crippen LogP contribution in [0.1, 0.15) is 20.3 Å². The maximum Gasteiger partial charge on any atom is 0.0209 e. The standard InChI is InChI=1S/C15H23NS2/c1-15(2)8-10-17-12-14(15)16-9-11-18-13-6-4-3-5-7-13/h3-7,14,16H,8-12H2,1-2H3. The van der Waals surface area contributed by atoms with Crippen LogP contribution in [-0.2, 0) is 0 Å². The van der Waals surface area contributed by atoms with Crippen molar-refractivity contribution in [1.82, 2.24) is 5.32 Å². The van der Waals surface area contributed by atoms with Gasteiger partial charge in [0.2, 0.25) is 0 Å². The van der Waals surface area contributed by atoms with Crippen LogP contribution in [0.5, 0.6) is 0 Å². The Morgan fingerprint density at radius 2 is 2.11 bits per heavy atom. The van der Waals surface area contributed by atoms with Crippen molar-refractivity contribution in [1.29, 1.82) is 0 Å². The molecule has 0 aliphatic carbocycles. The maximum absolute atomic E-state index is 3.74. The molecule has 1 aromatic rings. The zero-order valence-corrected chi connectivity index (χ0v) is 12.9. The summed E-state index contributed by atoms with van der Waals surface area (Å²) >= 11 is 4.03. The Morgan fingerprint density at radius 1 is 1.33 bits per heavy atom. The highest BCUT2D eigenvalue weighted by Crippen LogP contribution is 2.34. The Labute approximate surface area is 120 Å². The summed E-state index contributed by atoms with van der Waals surface area (Å²) in [5.41, 5.74) is 0.461. The second kappa shape index (κ2) is 6.88. The molecule has 2 rings (SSSR count). The number of hydrogen-bond acceptors (Lipinski definition) is 3. The van der Waals surface area contributed by atoms with Crippen LogP contribution in [0.15, 0.2) is 35.2 Å². The Balaban J connectivity index is 1.69. The number of benzene rings is 1. The minimum absolute atomic E-state index is 0.461. The van der Waals surface area contributed by atoms with Gasteiger partial charge in [-0.05, 0) is 29.7 Å². The van der Waals surface area contributed by atoms with Crippen molar-refractivity contribution in [2.45, 2.75) is 31.2 Å². The van der Waals surface area contributed by atoms with Gasteiger partial charge in [-0.25, -0.2) is 0 Å². The number of thioether (sulfide) groups is 2. The Morgan fingerprint density at radius 3 is 2.83 bits per heavy atom. The molecule has 1 unspecified atom stereocenters. The predicted molar refractivity (Wildman–Crippen MR) is 84.7 cm³/mol. The fraction of sp³-hybridized carbons (Fsp3) is 0.600. The van der Waals surface area contributed by atoms with Crippen LogP contribution in [0.3, 0.4) is 0 Å². The number of rotatable bonds is 5. The molecule has 0 aromatic heterocycles. The van der Waals surface area contributed by atoms with Crippen molar-refractivity contribution in [3.63, 3.8) is 0 Å². The van der Waals surface area contributed by atoms with Crippen molar-refractivity contribution in [2.24, 2.45) is 5.41 Å². The SMILES string of the molecule is CC1(C)CCSCC1NCCSc1ccccc1. The molecule has 0 bridgehead atoms. The van der Waals surface area contributed by atoms with Gasteiger partial charge >= 0.3 is 0 Å². The first-order valence-corrected chi connectivity index (χ1v) is 8.81.